The van der Waals surface area contributed by atoms with Crippen molar-refractivity contribution in [1.29, 1.82) is 0 Å². The summed E-state index contributed by atoms with van der Waals surface area (Å²) in [6, 6.07) is 14.9. The molecule has 9 heteroatoms. The lowest BCUT2D eigenvalue weighted by molar-refractivity contribution is 0.0579. The lowest BCUT2D eigenvalue weighted by atomic mass is 9.66. The van der Waals surface area contributed by atoms with Crippen LogP contribution in [0.3, 0.4) is 0 Å². The number of sulfonamides is 1. The predicted octanol–water partition coefficient (Wildman–Crippen LogP) is 4.17. The Hall–Kier alpha value is -2.78. The maximum absolute atomic E-state index is 15.3. The molecule has 4 aliphatic rings. The molecule has 4 heterocycles. The minimum absolute atomic E-state index is 0.0555. The summed E-state index contributed by atoms with van der Waals surface area (Å²) < 4.78 is 45.9. The Morgan fingerprint density at radius 1 is 1.00 bits per heavy atom. The molecule has 2 bridgehead atoms. The molecule has 7 rings (SSSR count). The zero-order valence-corrected chi connectivity index (χ0v) is 20.6. The van der Waals surface area contributed by atoms with E-state index in [9.17, 15) is 8.42 Å². The molecule has 3 saturated heterocycles. The van der Waals surface area contributed by atoms with Crippen molar-refractivity contribution in [1.82, 2.24) is 19.1 Å². The minimum Gasteiger partial charge on any atom is -0.371 e. The molecule has 0 N–H and O–H groups in total. The highest BCUT2D eigenvalue weighted by molar-refractivity contribution is 7.89. The fourth-order valence-electron chi connectivity index (χ4n) is 6.30. The Kier molecular flexibility index (Phi) is 5.64. The second-order valence-electron chi connectivity index (χ2n) is 10.3. The SMILES string of the molecule is C[C@H]1CC[C@H](c2ccccc2)S(=O)(=O)N1Cc1ccc(N2C[C@H]3C[C@@H](C2)C3n2cnnc2)cc1F. The van der Waals surface area contributed by atoms with Gasteiger partial charge in [0, 0.05) is 43.0 Å². The van der Waals surface area contributed by atoms with Crippen LogP contribution in [0.4, 0.5) is 10.1 Å². The molecule has 1 aliphatic carbocycles. The molecular formula is C26H30FN5O2S. The zero-order chi connectivity index (χ0) is 24.2. The van der Waals surface area contributed by atoms with E-state index in [4.69, 9.17) is 0 Å². The minimum atomic E-state index is -3.60. The van der Waals surface area contributed by atoms with Crippen molar-refractivity contribution in [2.75, 3.05) is 18.0 Å². The molecule has 2 aromatic carbocycles. The molecule has 0 spiro atoms. The van der Waals surface area contributed by atoms with Gasteiger partial charge in [0.2, 0.25) is 10.0 Å². The van der Waals surface area contributed by atoms with Gasteiger partial charge in [-0.1, -0.05) is 36.4 Å². The number of fused-ring (bicyclic) bond motifs is 2. The number of hydrogen-bond donors (Lipinski definition) is 0. The highest BCUT2D eigenvalue weighted by atomic mass is 32.2. The average molecular weight is 496 g/mol. The number of benzene rings is 2. The van der Waals surface area contributed by atoms with E-state index >= 15 is 4.39 Å². The van der Waals surface area contributed by atoms with Crippen LogP contribution in [0.2, 0.25) is 0 Å². The molecule has 3 aromatic rings. The van der Waals surface area contributed by atoms with Gasteiger partial charge in [0.25, 0.3) is 0 Å². The summed E-state index contributed by atoms with van der Waals surface area (Å²) in [5.74, 6) is 0.657. The molecule has 0 amide bonds. The number of anilines is 1. The number of nitrogens with zero attached hydrogens (tertiary/aromatic N) is 5. The summed E-state index contributed by atoms with van der Waals surface area (Å²) in [7, 11) is -3.60. The first-order valence-corrected chi connectivity index (χ1v) is 13.8. The van der Waals surface area contributed by atoms with E-state index in [1.165, 1.54) is 10.7 Å². The summed E-state index contributed by atoms with van der Waals surface area (Å²) in [5, 5.41) is 7.30. The van der Waals surface area contributed by atoms with E-state index in [2.05, 4.69) is 19.7 Å². The summed E-state index contributed by atoms with van der Waals surface area (Å²) in [5.41, 5.74) is 2.08. The van der Waals surface area contributed by atoms with Crippen molar-refractivity contribution >= 4 is 15.7 Å². The van der Waals surface area contributed by atoms with Crippen LogP contribution >= 0.6 is 0 Å². The first kappa shape index (κ1) is 22.7. The Labute approximate surface area is 205 Å². The fraction of sp³-hybridized carbons (Fsp3) is 0.462. The van der Waals surface area contributed by atoms with E-state index < -0.39 is 15.3 Å². The highest BCUT2D eigenvalue weighted by Gasteiger charge is 2.48. The molecule has 4 fully saturated rings. The van der Waals surface area contributed by atoms with Gasteiger partial charge in [0.05, 0.1) is 0 Å². The number of piperidine rings is 2. The molecule has 184 valence electrons. The van der Waals surface area contributed by atoms with Gasteiger partial charge in [-0.2, -0.15) is 4.31 Å². The molecule has 0 radical (unpaired) electrons. The topological polar surface area (TPSA) is 71.3 Å². The van der Waals surface area contributed by atoms with Crippen LogP contribution in [-0.4, -0.2) is 46.6 Å². The van der Waals surface area contributed by atoms with E-state index in [1.807, 2.05) is 43.3 Å². The molecule has 7 nitrogen and oxygen atoms in total. The molecule has 3 aliphatic heterocycles. The molecule has 1 aromatic heterocycles. The lowest BCUT2D eigenvalue weighted by Crippen LogP contribution is -2.55. The van der Waals surface area contributed by atoms with Crippen LogP contribution in [0.25, 0.3) is 0 Å². The zero-order valence-electron chi connectivity index (χ0n) is 19.7. The van der Waals surface area contributed by atoms with Crippen LogP contribution < -0.4 is 4.90 Å². The second-order valence-corrected chi connectivity index (χ2v) is 12.3. The number of hydrogen-bond acceptors (Lipinski definition) is 5. The molecule has 1 unspecified atom stereocenters. The first-order chi connectivity index (χ1) is 16.9. The van der Waals surface area contributed by atoms with Gasteiger partial charge in [0.15, 0.2) is 0 Å². The van der Waals surface area contributed by atoms with Crippen molar-refractivity contribution in [3.63, 3.8) is 0 Å². The van der Waals surface area contributed by atoms with E-state index in [0.717, 1.165) is 30.8 Å². The number of rotatable bonds is 5. The Bertz CT molecular complexity index is 1290. The third-order valence-corrected chi connectivity index (χ3v) is 10.6. The fourth-order valence-corrected chi connectivity index (χ4v) is 8.49. The van der Waals surface area contributed by atoms with Crippen molar-refractivity contribution in [3.8, 4) is 0 Å². The van der Waals surface area contributed by atoms with Crippen LogP contribution in [0.1, 0.15) is 48.6 Å². The third kappa shape index (κ3) is 3.94. The van der Waals surface area contributed by atoms with Crippen LogP contribution in [0.5, 0.6) is 0 Å². The summed E-state index contributed by atoms with van der Waals surface area (Å²) >= 11 is 0. The van der Waals surface area contributed by atoms with Gasteiger partial charge < -0.3 is 9.47 Å². The monoisotopic (exact) mass is 495 g/mol. The quantitative estimate of drug-likeness (QED) is 0.531. The standard InChI is InChI=1S/C26H30FN5O2S/c1-18-7-10-25(19-5-3-2-4-6-19)35(33,34)32(18)15-20-8-9-23(12-24(20)27)30-13-21-11-22(14-30)26(21)31-16-28-29-17-31/h2-6,8-9,12,16-18,21-22,25-26H,7,10-11,13-15H2,1H3/t18-,21-,22+,25+,26?/m0/s1. The lowest BCUT2D eigenvalue weighted by Gasteiger charge is -2.54. The summed E-state index contributed by atoms with van der Waals surface area (Å²) in [4.78, 5) is 2.25. The highest BCUT2D eigenvalue weighted by Crippen LogP contribution is 2.49. The number of aromatic nitrogens is 3. The maximum Gasteiger partial charge on any atom is 0.221 e. The molecule has 1 saturated carbocycles. The average Bonchev–Trinajstić information content (AvgIpc) is 3.36. The van der Waals surface area contributed by atoms with Gasteiger partial charge in [-0.05, 0) is 55.7 Å². The first-order valence-electron chi connectivity index (χ1n) is 12.3. The van der Waals surface area contributed by atoms with Crippen LogP contribution in [-0.2, 0) is 16.6 Å². The summed E-state index contributed by atoms with van der Waals surface area (Å²) in [6.45, 7) is 3.71. The summed E-state index contributed by atoms with van der Waals surface area (Å²) in [6.07, 6.45) is 6.08. The molecule has 5 atom stereocenters. The second kappa shape index (κ2) is 8.71. The molecular weight excluding hydrogens is 465 g/mol. The van der Waals surface area contributed by atoms with Gasteiger partial charge >= 0.3 is 0 Å². The van der Waals surface area contributed by atoms with Crippen molar-refractivity contribution in [3.05, 3.63) is 78.1 Å². The van der Waals surface area contributed by atoms with Crippen LogP contribution in [0.15, 0.2) is 61.2 Å². The maximum atomic E-state index is 15.3. The van der Waals surface area contributed by atoms with Gasteiger partial charge in [-0.3, -0.25) is 0 Å². The van der Waals surface area contributed by atoms with Crippen LogP contribution in [0, 0.1) is 17.7 Å². The molecule has 35 heavy (non-hydrogen) atoms. The van der Waals surface area contributed by atoms with E-state index in [-0.39, 0.29) is 18.4 Å². The van der Waals surface area contributed by atoms with Crippen molar-refractivity contribution in [2.24, 2.45) is 11.8 Å². The third-order valence-electron chi connectivity index (χ3n) is 8.19. The van der Waals surface area contributed by atoms with Gasteiger partial charge in [-0.25, -0.2) is 12.8 Å². The smallest absolute Gasteiger partial charge is 0.221 e. The number of halogens is 1. The van der Waals surface area contributed by atoms with E-state index in [0.29, 0.717) is 29.9 Å². The van der Waals surface area contributed by atoms with E-state index in [1.54, 1.807) is 24.8 Å². The predicted molar refractivity (Wildman–Crippen MR) is 132 cm³/mol. The van der Waals surface area contributed by atoms with Crippen molar-refractivity contribution in [2.45, 2.75) is 50.1 Å². The Morgan fingerprint density at radius 2 is 1.71 bits per heavy atom. The van der Waals surface area contributed by atoms with Gasteiger partial charge in [0.1, 0.15) is 23.7 Å². The largest absolute Gasteiger partial charge is 0.371 e. The Balaban J connectivity index is 1.18. The van der Waals surface area contributed by atoms with Gasteiger partial charge in [-0.15, -0.1) is 10.2 Å². The normalized spacial score (nSPS) is 30.1. The van der Waals surface area contributed by atoms with Crippen molar-refractivity contribution < 1.29 is 12.8 Å². The Morgan fingerprint density at radius 3 is 2.40 bits per heavy atom.